The number of aromatic nitrogens is 1. The molecule has 6 nitrogen and oxygen atoms in total. The quantitative estimate of drug-likeness (QED) is 0.756. The molecule has 0 unspecified atom stereocenters. The molecule has 2 N–H and O–H groups in total. The number of aliphatic carboxylic acids is 1. The molecule has 0 fully saturated rings. The molecule has 0 aliphatic rings. The van der Waals surface area contributed by atoms with Gasteiger partial charge in [0.15, 0.2) is 0 Å². The number of rotatable bonds is 8. The molecule has 110 valence electrons. The summed E-state index contributed by atoms with van der Waals surface area (Å²) in [6.45, 7) is 3.37. The zero-order valence-electron chi connectivity index (χ0n) is 11.7. The second-order valence-electron chi connectivity index (χ2n) is 4.43. The van der Waals surface area contributed by atoms with Gasteiger partial charge in [-0.1, -0.05) is 13.0 Å². The van der Waals surface area contributed by atoms with Gasteiger partial charge in [-0.25, -0.2) is 4.79 Å². The van der Waals surface area contributed by atoms with Gasteiger partial charge in [-0.2, -0.15) is 0 Å². The second kappa shape index (κ2) is 8.90. The Morgan fingerprint density at radius 2 is 2.15 bits per heavy atom. The minimum atomic E-state index is -0.916. The zero-order valence-corrected chi connectivity index (χ0v) is 11.7. The molecule has 0 spiro atoms. The standard InChI is InChI=1S/C14H21N3O3/c1-2-10-17(14(20)16-9-6-13(18)19)11-7-12-5-3-4-8-15-12/h3-5,8H,2,6-7,9-11H2,1H3,(H,16,20)(H,18,19). The van der Waals surface area contributed by atoms with Gasteiger partial charge in [0.05, 0.1) is 6.42 Å². The van der Waals surface area contributed by atoms with Crippen LogP contribution in [0.3, 0.4) is 0 Å². The Labute approximate surface area is 118 Å². The number of carboxylic acid groups (broad SMARTS) is 1. The van der Waals surface area contributed by atoms with Crippen molar-refractivity contribution in [1.82, 2.24) is 15.2 Å². The van der Waals surface area contributed by atoms with E-state index in [0.29, 0.717) is 19.5 Å². The van der Waals surface area contributed by atoms with Crippen LogP contribution >= 0.6 is 0 Å². The number of hydrogen-bond donors (Lipinski definition) is 2. The molecule has 20 heavy (non-hydrogen) atoms. The predicted octanol–water partition coefficient (Wildman–Crippen LogP) is 1.52. The van der Waals surface area contributed by atoms with Crippen LogP contribution < -0.4 is 5.32 Å². The van der Waals surface area contributed by atoms with E-state index in [4.69, 9.17) is 5.11 Å². The zero-order chi connectivity index (χ0) is 14.8. The SMILES string of the molecule is CCCN(CCc1ccccn1)C(=O)NCCC(=O)O. The number of carbonyl (C=O) groups is 2. The van der Waals surface area contributed by atoms with Crippen LogP contribution in [0.1, 0.15) is 25.5 Å². The molecule has 0 radical (unpaired) electrons. The van der Waals surface area contributed by atoms with Crippen LogP contribution in [-0.2, 0) is 11.2 Å². The van der Waals surface area contributed by atoms with E-state index < -0.39 is 5.97 Å². The van der Waals surface area contributed by atoms with E-state index in [-0.39, 0.29) is 19.0 Å². The number of nitrogens with zero attached hydrogens (tertiary/aromatic N) is 2. The fourth-order valence-corrected chi connectivity index (χ4v) is 1.77. The summed E-state index contributed by atoms with van der Waals surface area (Å²) in [5, 5.41) is 11.2. The van der Waals surface area contributed by atoms with Gasteiger partial charge in [0.25, 0.3) is 0 Å². The average Bonchev–Trinajstić information content (AvgIpc) is 2.44. The van der Waals surface area contributed by atoms with Gasteiger partial charge in [0.1, 0.15) is 0 Å². The lowest BCUT2D eigenvalue weighted by atomic mass is 10.2. The van der Waals surface area contributed by atoms with Crippen molar-refractivity contribution >= 4 is 12.0 Å². The number of carbonyl (C=O) groups excluding carboxylic acids is 1. The molecular formula is C14H21N3O3. The molecule has 1 heterocycles. The van der Waals surface area contributed by atoms with Gasteiger partial charge in [-0.3, -0.25) is 9.78 Å². The highest BCUT2D eigenvalue weighted by molar-refractivity contribution is 5.75. The maximum Gasteiger partial charge on any atom is 0.317 e. The molecule has 1 rings (SSSR count). The minimum Gasteiger partial charge on any atom is -0.481 e. The largest absolute Gasteiger partial charge is 0.481 e. The number of nitrogens with one attached hydrogen (secondary N) is 1. The average molecular weight is 279 g/mol. The van der Waals surface area contributed by atoms with Crippen molar-refractivity contribution in [2.45, 2.75) is 26.2 Å². The monoisotopic (exact) mass is 279 g/mol. The topological polar surface area (TPSA) is 82.5 Å². The van der Waals surface area contributed by atoms with Crippen molar-refractivity contribution in [3.05, 3.63) is 30.1 Å². The number of amides is 2. The maximum atomic E-state index is 11.9. The Hall–Kier alpha value is -2.11. The van der Waals surface area contributed by atoms with Gasteiger partial charge < -0.3 is 15.3 Å². The minimum absolute atomic E-state index is 0.0635. The highest BCUT2D eigenvalue weighted by Crippen LogP contribution is 2.00. The van der Waals surface area contributed by atoms with Crippen LogP contribution in [-0.4, -0.2) is 46.6 Å². The van der Waals surface area contributed by atoms with Crippen LogP contribution in [0, 0.1) is 0 Å². The summed E-state index contributed by atoms with van der Waals surface area (Å²) >= 11 is 0. The Bertz CT molecular complexity index is 423. The van der Waals surface area contributed by atoms with Gasteiger partial charge in [-0.15, -0.1) is 0 Å². The molecule has 0 aliphatic heterocycles. The predicted molar refractivity (Wildman–Crippen MR) is 75.5 cm³/mol. The van der Waals surface area contributed by atoms with E-state index in [2.05, 4.69) is 10.3 Å². The van der Waals surface area contributed by atoms with E-state index in [1.807, 2.05) is 25.1 Å². The van der Waals surface area contributed by atoms with Crippen LogP contribution in [0.4, 0.5) is 4.79 Å². The Morgan fingerprint density at radius 1 is 1.35 bits per heavy atom. The fraction of sp³-hybridized carbons (Fsp3) is 0.500. The Balaban J connectivity index is 2.42. The molecule has 2 amide bonds. The third kappa shape index (κ3) is 6.17. The summed E-state index contributed by atoms with van der Waals surface area (Å²) in [7, 11) is 0. The van der Waals surface area contributed by atoms with E-state index in [0.717, 1.165) is 12.1 Å². The van der Waals surface area contributed by atoms with Crippen molar-refractivity contribution in [1.29, 1.82) is 0 Å². The first-order chi connectivity index (χ1) is 9.63. The summed E-state index contributed by atoms with van der Waals surface area (Å²) in [5.41, 5.74) is 0.937. The normalized spacial score (nSPS) is 10.1. The van der Waals surface area contributed by atoms with Crippen LogP contribution in [0.25, 0.3) is 0 Å². The van der Waals surface area contributed by atoms with Gasteiger partial charge in [-0.05, 0) is 18.6 Å². The molecule has 0 aromatic carbocycles. The van der Waals surface area contributed by atoms with Gasteiger partial charge >= 0.3 is 12.0 Å². The van der Waals surface area contributed by atoms with Crippen molar-refractivity contribution in [3.8, 4) is 0 Å². The molecule has 6 heteroatoms. The highest BCUT2D eigenvalue weighted by Gasteiger charge is 2.12. The molecule has 0 aliphatic carbocycles. The lowest BCUT2D eigenvalue weighted by Crippen LogP contribution is -2.42. The van der Waals surface area contributed by atoms with E-state index in [9.17, 15) is 9.59 Å². The number of hydrogen-bond acceptors (Lipinski definition) is 3. The first-order valence-corrected chi connectivity index (χ1v) is 6.78. The van der Waals surface area contributed by atoms with Gasteiger partial charge in [0.2, 0.25) is 0 Å². The van der Waals surface area contributed by atoms with Crippen LogP contribution in [0.5, 0.6) is 0 Å². The molecule has 0 saturated heterocycles. The molecule has 1 aromatic heterocycles. The third-order valence-corrected chi connectivity index (χ3v) is 2.76. The van der Waals surface area contributed by atoms with Crippen molar-refractivity contribution in [3.63, 3.8) is 0 Å². The highest BCUT2D eigenvalue weighted by atomic mass is 16.4. The number of carboxylic acids is 1. The summed E-state index contributed by atoms with van der Waals surface area (Å²) in [6, 6.07) is 5.47. The van der Waals surface area contributed by atoms with Crippen molar-refractivity contribution in [2.75, 3.05) is 19.6 Å². The summed E-state index contributed by atoms with van der Waals surface area (Å²) in [5.74, 6) is -0.916. The number of urea groups is 1. The smallest absolute Gasteiger partial charge is 0.317 e. The van der Waals surface area contributed by atoms with Crippen molar-refractivity contribution in [2.24, 2.45) is 0 Å². The lowest BCUT2D eigenvalue weighted by Gasteiger charge is -2.22. The fourth-order valence-electron chi connectivity index (χ4n) is 1.77. The Kier molecular flexibility index (Phi) is 7.10. The molecule has 1 aromatic rings. The molecular weight excluding hydrogens is 258 g/mol. The summed E-state index contributed by atoms with van der Waals surface area (Å²) in [4.78, 5) is 28.3. The molecule has 0 atom stereocenters. The van der Waals surface area contributed by atoms with E-state index >= 15 is 0 Å². The maximum absolute atomic E-state index is 11.9. The van der Waals surface area contributed by atoms with Crippen LogP contribution in [0.15, 0.2) is 24.4 Å². The summed E-state index contributed by atoms with van der Waals surface area (Å²) < 4.78 is 0. The summed E-state index contributed by atoms with van der Waals surface area (Å²) in [6.07, 6.45) is 3.21. The van der Waals surface area contributed by atoms with Crippen LogP contribution in [0.2, 0.25) is 0 Å². The molecule has 0 saturated carbocycles. The van der Waals surface area contributed by atoms with E-state index in [1.54, 1.807) is 11.1 Å². The first-order valence-electron chi connectivity index (χ1n) is 6.78. The lowest BCUT2D eigenvalue weighted by molar-refractivity contribution is -0.136. The van der Waals surface area contributed by atoms with E-state index in [1.165, 1.54) is 0 Å². The van der Waals surface area contributed by atoms with Gasteiger partial charge in [0, 0.05) is 37.9 Å². The number of pyridine rings is 1. The Morgan fingerprint density at radius 3 is 2.75 bits per heavy atom. The second-order valence-corrected chi connectivity index (χ2v) is 4.43. The third-order valence-electron chi connectivity index (χ3n) is 2.76. The van der Waals surface area contributed by atoms with Crippen molar-refractivity contribution < 1.29 is 14.7 Å². The first kappa shape index (κ1) is 15.9. The molecule has 0 bridgehead atoms.